The van der Waals surface area contributed by atoms with Crippen LogP contribution in [0.5, 0.6) is 0 Å². The quantitative estimate of drug-likeness (QED) is 0.605. The van der Waals surface area contributed by atoms with E-state index in [0.29, 0.717) is 5.82 Å². The number of hydrogen-bond donors (Lipinski definition) is 1. The summed E-state index contributed by atoms with van der Waals surface area (Å²) < 4.78 is 25.9. The van der Waals surface area contributed by atoms with Gasteiger partial charge >= 0.3 is 5.97 Å². The number of ether oxygens (including phenoxy) is 1. The fourth-order valence-electron chi connectivity index (χ4n) is 2.71. The highest BCUT2D eigenvalue weighted by Crippen LogP contribution is 2.33. The van der Waals surface area contributed by atoms with Gasteiger partial charge in [-0.3, -0.25) is 4.79 Å². The summed E-state index contributed by atoms with van der Waals surface area (Å²) in [5.74, 6) is -1.52. The van der Waals surface area contributed by atoms with Crippen LogP contribution in [0, 0.1) is 12.7 Å². The summed E-state index contributed by atoms with van der Waals surface area (Å²) in [6.45, 7) is 4.74. The van der Waals surface area contributed by atoms with E-state index in [2.05, 4.69) is 15.6 Å². The van der Waals surface area contributed by atoms with Gasteiger partial charge < -0.3 is 14.6 Å². The smallest absolute Gasteiger partial charge is 0.344 e. The minimum atomic E-state index is -0.884. The van der Waals surface area contributed by atoms with Crippen LogP contribution in [0.25, 0.3) is 11.3 Å². The summed E-state index contributed by atoms with van der Waals surface area (Å²) in [6, 6.07) is 5.74. The van der Waals surface area contributed by atoms with Crippen molar-refractivity contribution in [1.29, 1.82) is 0 Å². The number of anilines is 1. The Morgan fingerprint density at radius 2 is 2.10 bits per heavy atom. The number of nitrogens with one attached hydrogen (secondary N) is 1. The Balaban J connectivity index is 1.74. The second kappa shape index (κ2) is 8.44. The van der Waals surface area contributed by atoms with Crippen molar-refractivity contribution in [3.63, 3.8) is 0 Å². The number of aromatic nitrogens is 3. The molecule has 0 unspecified atom stereocenters. The van der Waals surface area contributed by atoms with E-state index in [1.807, 2.05) is 13.8 Å². The average Bonchev–Trinajstić information content (AvgIpc) is 3.26. The summed E-state index contributed by atoms with van der Waals surface area (Å²) in [6.07, 6.45) is 1.55. The van der Waals surface area contributed by atoms with E-state index < -0.39 is 24.3 Å². The zero-order valence-electron chi connectivity index (χ0n) is 15.9. The van der Waals surface area contributed by atoms with Crippen LogP contribution in [0.2, 0.25) is 5.02 Å². The number of rotatable bonds is 6. The lowest BCUT2D eigenvalue weighted by atomic mass is 10.1. The summed E-state index contributed by atoms with van der Waals surface area (Å²) in [4.78, 5) is 24.7. The Kier molecular flexibility index (Phi) is 5.97. The highest BCUT2D eigenvalue weighted by Gasteiger charge is 2.27. The standard InChI is InChI=1S/C19H18ClFN4O4/c1-10(2)25-14(7-8-22-25)23-15(26)9-28-19(27)16-11(3)29-24-18(16)17-12(20)5-4-6-13(17)21/h4-8,10H,9H2,1-3H3,(H,23,26). The molecule has 0 spiro atoms. The first-order valence-electron chi connectivity index (χ1n) is 8.70. The maximum Gasteiger partial charge on any atom is 0.344 e. The highest BCUT2D eigenvalue weighted by atomic mass is 35.5. The third-order valence-corrected chi connectivity index (χ3v) is 4.34. The molecule has 0 atom stereocenters. The fraction of sp³-hybridized carbons (Fsp3) is 0.263. The van der Waals surface area contributed by atoms with Gasteiger partial charge in [-0.1, -0.05) is 22.8 Å². The number of carbonyl (C=O) groups is 2. The third-order valence-electron chi connectivity index (χ3n) is 4.03. The molecule has 8 nitrogen and oxygen atoms in total. The first-order chi connectivity index (χ1) is 13.8. The molecular formula is C19H18ClFN4O4. The topological polar surface area (TPSA) is 99.2 Å². The molecule has 0 saturated carbocycles. The van der Waals surface area contributed by atoms with Crippen LogP contribution in [0.4, 0.5) is 10.2 Å². The van der Waals surface area contributed by atoms with Crippen LogP contribution in [0.15, 0.2) is 35.0 Å². The fourth-order valence-corrected chi connectivity index (χ4v) is 2.97. The van der Waals surface area contributed by atoms with Gasteiger partial charge in [-0.25, -0.2) is 13.9 Å². The monoisotopic (exact) mass is 420 g/mol. The first kappa shape index (κ1) is 20.5. The Hall–Kier alpha value is -3.20. The van der Waals surface area contributed by atoms with Crippen molar-refractivity contribution in [2.24, 2.45) is 0 Å². The lowest BCUT2D eigenvalue weighted by Gasteiger charge is -2.12. The van der Waals surface area contributed by atoms with Crippen LogP contribution < -0.4 is 5.32 Å². The van der Waals surface area contributed by atoms with Crippen LogP contribution in [-0.2, 0) is 9.53 Å². The summed E-state index contributed by atoms with van der Waals surface area (Å²) in [5.41, 5.74) is -0.269. The second-order valence-electron chi connectivity index (χ2n) is 6.44. The molecule has 1 N–H and O–H groups in total. The van der Waals surface area contributed by atoms with E-state index >= 15 is 0 Å². The number of halogens is 2. The molecule has 2 heterocycles. The lowest BCUT2D eigenvalue weighted by Crippen LogP contribution is -2.23. The van der Waals surface area contributed by atoms with Gasteiger partial charge in [-0.2, -0.15) is 5.10 Å². The van der Waals surface area contributed by atoms with Crippen molar-refractivity contribution in [1.82, 2.24) is 14.9 Å². The number of amides is 1. The number of benzene rings is 1. The predicted octanol–water partition coefficient (Wildman–Crippen LogP) is 4.02. The van der Waals surface area contributed by atoms with Crippen molar-refractivity contribution < 1.29 is 23.2 Å². The van der Waals surface area contributed by atoms with Gasteiger partial charge in [-0.15, -0.1) is 0 Å². The molecule has 29 heavy (non-hydrogen) atoms. The first-order valence-corrected chi connectivity index (χ1v) is 9.08. The number of nitrogens with zero attached hydrogens (tertiary/aromatic N) is 3. The normalized spacial score (nSPS) is 11.0. The Morgan fingerprint density at radius 3 is 2.79 bits per heavy atom. The van der Waals surface area contributed by atoms with Crippen LogP contribution in [0.1, 0.15) is 36.0 Å². The van der Waals surface area contributed by atoms with Gasteiger partial charge in [0.25, 0.3) is 5.91 Å². The predicted molar refractivity (Wildman–Crippen MR) is 103 cm³/mol. The number of esters is 1. The number of carbonyl (C=O) groups excluding carboxylic acids is 2. The van der Waals surface area contributed by atoms with Gasteiger partial charge in [0.2, 0.25) is 0 Å². The largest absolute Gasteiger partial charge is 0.452 e. The molecule has 1 amide bonds. The molecular weight excluding hydrogens is 403 g/mol. The van der Waals surface area contributed by atoms with Crippen molar-refractivity contribution in [3.05, 3.63) is 52.6 Å². The zero-order chi connectivity index (χ0) is 21.1. The molecule has 0 aliphatic rings. The van der Waals surface area contributed by atoms with Crippen molar-refractivity contribution in [2.75, 3.05) is 11.9 Å². The van der Waals surface area contributed by atoms with E-state index in [0.717, 1.165) is 0 Å². The molecule has 3 aromatic rings. The van der Waals surface area contributed by atoms with Crippen molar-refractivity contribution in [2.45, 2.75) is 26.8 Å². The molecule has 0 aliphatic carbocycles. The molecule has 2 aromatic heterocycles. The van der Waals surface area contributed by atoms with Crippen molar-refractivity contribution >= 4 is 29.3 Å². The average molecular weight is 421 g/mol. The molecule has 0 fully saturated rings. The van der Waals surface area contributed by atoms with E-state index in [4.69, 9.17) is 20.9 Å². The molecule has 0 bridgehead atoms. The van der Waals surface area contributed by atoms with Crippen molar-refractivity contribution in [3.8, 4) is 11.3 Å². The van der Waals surface area contributed by atoms with Gasteiger partial charge in [0.05, 0.1) is 16.8 Å². The van der Waals surface area contributed by atoms with Crippen LogP contribution in [0.3, 0.4) is 0 Å². The Labute approximate surface area is 170 Å². The third kappa shape index (κ3) is 4.29. The SMILES string of the molecule is Cc1onc(-c2c(F)cccc2Cl)c1C(=O)OCC(=O)Nc1ccnn1C(C)C. The minimum Gasteiger partial charge on any atom is -0.452 e. The highest BCUT2D eigenvalue weighted by molar-refractivity contribution is 6.33. The minimum absolute atomic E-state index is 0.0376. The van der Waals surface area contributed by atoms with Gasteiger partial charge in [0.1, 0.15) is 28.7 Å². The number of aryl methyl sites for hydroxylation is 1. The molecule has 0 radical (unpaired) electrons. The van der Waals surface area contributed by atoms with E-state index in [1.165, 1.54) is 25.1 Å². The summed E-state index contributed by atoms with van der Waals surface area (Å²) in [5, 5.41) is 10.5. The Morgan fingerprint density at radius 1 is 1.34 bits per heavy atom. The maximum absolute atomic E-state index is 14.2. The second-order valence-corrected chi connectivity index (χ2v) is 6.85. The Bertz CT molecular complexity index is 1040. The molecule has 152 valence electrons. The molecule has 10 heteroatoms. The van der Waals surface area contributed by atoms with Crippen LogP contribution >= 0.6 is 11.6 Å². The molecule has 1 aromatic carbocycles. The number of hydrogen-bond acceptors (Lipinski definition) is 6. The van der Waals surface area contributed by atoms with E-state index in [1.54, 1.807) is 16.9 Å². The summed E-state index contributed by atoms with van der Waals surface area (Å²) in [7, 11) is 0. The van der Waals surface area contributed by atoms with Crippen LogP contribution in [-0.4, -0.2) is 33.4 Å². The molecule has 3 rings (SSSR count). The van der Waals surface area contributed by atoms with Gasteiger partial charge in [0.15, 0.2) is 6.61 Å². The van der Waals surface area contributed by atoms with Gasteiger partial charge in [0, 0.05) is 12.1 Å². The van der Waals surface area contributed by atoms with E-state index in [9.17, 15) is 14.0 Å². The maximum atomic E-state index is 14.2. The molecule has 0 saturated heterocycles. The lowest BCUT2D eigenvalue weighted by molar-refractivity contribution is -0.119. The zero-order valence-corrected chi connectivity index (χ0v) is 16.7. The van der Waals surface area contributed by atoms with Gasteiger partial charge in [-0.05, 0) is 32.9 Å². The van der Waals surface area contributed by atoms with E-state index in [-0.39, 0.29) is 33.6 Å². The summed E-state index contributed by atoms with van der Waals surface area (Å²) >= 11 is 6.05. The molecule has 0 aliphatic heterocycles.